The lowest BCUT2D eigenvalue weighted by molar-refractivity contribution is 0.176. The Labute approximate surface area is 91.1 Å². The van der Waals surface area contributed by atoms with Gasteiger partial charge in [0, 0.05) is 12.0 Å². The third kappa shape index (κ3) is 6.87. The van der Waals surface area contributed by atoms with Gasteiger partial charge in [-0.25, -0.2) is 0 Å². The molecule has 0 saturated carbocycles. The zero-order chi connectivity index (χ0) is 10.5. The summed E-state index contributed by atoms with van der Waals surface area (Å²) in [5.41, 5.74) is 0. The monoisotopic (exact) mass is 244 g/mol. The van der Waals surface area contributed by atoms with Crippen molar-refractivity contribution in [1.82, 2.24) is 0 Å². The number of halogens is 1. The Morgan fingerprint density at radius 2 is 1.54 bits per heavy atom. The number of hydrogen-bond acceptors (Lipinski definition) is 3. The van der Waals surface area contributed by atoms with Gasteiger partial charge < -0.3 is 9.05 Å². The summed E-state index contributed by atoms with van der Waals surface area (Å²) in [5.74, 6) is 0.497. The highest BCUT2D eigenvalue weighted by Crippen LogP contribution is 2.50. The van der Waals surface area contributed by atoms with Crippen LogP contribution >= 0.6 is 18.1 Å². The quantitative estimate of drug-likeness (QED) is 0.527. The van der Waals surface area contributed by atoms with Crippen molar-refractivity contribution in [3.63, 3.8) is 0 Å². The molecular formula is C8H18ClO2PS. The van der Waals surface area contributed by atoms with Crippen LogP contribution < -0.4 is 0 Å². The highest BCUT2D eigenvalue weighted by atomic mass is 35.5. The average molecular weight is 245 g/mol. The van der Waals surface area contributed by atoms with Gasteiger partial charge in [-0.15, -0.1) is 11.6 Å². The standard InChI is InChI=1S/C8H18ClO2PS/c1-7(2)10-12(13,6-5-9)11-8(3)4/h7-8H,5-6H2,1-4H3. The van der Waals surface area contributed by atoms with Crippen molar-refractivity contribution in [3.8, 4) is 0 Å². The Morgan fingerprint density at radius 3 is 1.77 bits per heavy atom. The molecule has 0 N–H and O–H groups in total. The molecule has 0 amide bonds. The van der Waals surface area contributed by atoms with Gasteiger partial charge >= 0.3 is 0 Å². The van der Waals surface area contributed by atoms with Gasteiger partial charge in [0.05, 0.1) is 12.2 Å². The van der Waals surface area contributed by atoms with Crippen molar-refractivity contribution in [3.05, 3.63) is 0 Å². The molecular weight excluding hydrogens is 227 g/mol. The molecule has 0 radical (unpaired) electrons. The summed E-state index contributed by atoms with van der Waals surface area (Å²) in [6.07, 6.45) is 0.848. The summed E-state index contributed by atoms with van der Waals surface area (Å²) in [6, 6.07) is 0. The van der Waals surface area contributed by atoms with Crippen LogP contribution in [0.3, 0.4) is 0 Å². The molecule has 0 spiro atoms. The van der Waals surface area contributed by atoms with E-state index in [0.29, 0.717) is 12.0 Å². The topological polar surface area (TPSA) is 18.5 Å². The van der Waals surface area contributed by atoms with Crippen LogP contribution in [0, 0.1) is 0 Å². The largest absolute Gasteiger partial charge is 0.326 e. The fourth-order valence-corrected chi connectivity index (χ4v) is 4.90. The molecule has 0 aromatic heterocycles. The molecule has 0 heterocycles. The number of alkyl halides is 1. The van der Waals surface area contributed by atoms with Crippen LogP contribution in [-0.2, 0) is 20.9 Å². The van der Waals surface area contributed by atoms with Crippen molar-refractivity contribution in [2.24, 2.45) is 0 Å². The van der Waals surface area contributed by atoms with Crippen LogP contribution in [0.4, 0.5) is 0 Å². The second-order valence-corrected chi connectivity index (χ2v) is 7.47. The van der Waals surface area contributed by atoms with Gasteiger partial charge in [-0.2, -0.15) is 0 Å². The van der Waals surface area contributed by atoms with Gasteiger partial charge in [-0.1, -0.05) is 0 Å². The van der Waals surface area contributed by atoms with E-state index in [0.717, 1.165) is 0 Å². The molecule has 80 valence electrons. The molecule has 0 bridgehead atoms. The highest BCUT2D eigenvalue weighted by molar-refractivity contribution is 8.10. The molecule has 0 aromatic carbocycles. The van der Waals surface area contributed by atoms with Gasteiger partial charge in [0.15, 0.2) is 6.49 Å². The summed E-state index contributed by atoms with van der Waals surface area (Å²) in [6.45, 7) is 5.70. The first kappa shape index (κ1) is 13.9. The fraction of sp³-hybridized carbons (Fsp3) is 1.00. The molecule has 0 saturated heterocycles. The maximum absolute atomic E-state index is 5.65. The van der Waals surface area contributed by atoms with E-state index in [1.165, 1.54) is 0 Å². The number of hydrogen-bond donors (Lipinski definition) is 0. The summed E-state index contributed by atoms with van der Waals surface area (Å²) in [4.78, 5) is 0. The van der Waals surface area contributed by atoms with Crippen molar-refractivity contribution in [1.29, 1.82) is 0 Å². The van der Waals surface area contributed by atoms with Gasteiger partial charge in [0.25, 0.3) is 0 Å². The van der Waals surface area contributed by atoms with Gasteiger partial charge in [-0.05, 0) is 39.5 Å². The van der Waals surface area contributed by atoms with Crippen LogP contribution in [0.15, 0.2) is 0 Å². The lowest BCUT2D eigenvalue weighted by Crippen LogP contribution is -2.10. The van der Waals surface area contributed by atoms with Crippen LogP contribution in [0.25, 0.3) is 0 Å². The first-order valence-corrected chi connectivity index (χ1v) is 7.77. The van der Waals surface area contributed by atoms with E-state index in [2.05, 4.69) is 0 Å². The minimum Gasteiger partial charge on any atom is -0.326 e. The summed E-state index contributed by atoms with van der Waals surface area (Å²) < 4.78 is 11.2. The molecule has 0 aliphatic rings. The molecule has 0 aliphatic heterocycles. The van der Waals surface area contributed by atoms with E-state index >= 15 is 0 Å². The number of rotatable bonds is 6. The van der Waals surface area contributed by atoms with Crippen LogP contribution in [-0.4, -0.2) is 24.2 Å². The molecule has 13 heavy (non-hydrogen) atoms. The van der Waals surface area contributed by atoms with E-state index < -0.39 is 6.49 Å². The van der Waals surface area contributed by atoms with Crippen molar-refractivity contribution < 1.29 is 9.05 Å². The van der Waals surface area contributed by atoms with E-state index in [-0.39, 0.29) is 12.2 Å². The fourth-order valence-electron chi connectivity index (χ4n) is 0.876. The van der Waals surface area contributed by atoms with Crippen LogP contribution in [0.2, 0.25) is 0 Å². The Balaban J connectivity index is 4.25. The Bertz CT molecular complexity index is 171. The molecule has 2 nitrogen and oxygen atoms in total. The first-order valence-electron chi connectivity index (χ1n) is 4.41. The maximum Gasteiger partial charge on any atom is 0.190 e. The summed E-state index contributed by atoms with van der Waals surface area (Å²) in [5, 5.41) is 0. The van der Waals surface area contributed by atoms with E-state index in [1.807, 2.05) is 27.7 Å². The highest BCUT2D eigenvalue weighted by Gasteiger charge is 2.21. The summed E-state index contributed by atoms with van der Waals surface area (Å²) in [7, 11) is 0. The van der Waals surface area contributed by atoms with Gasteiger partial charge in [0.2, 0.25) is 0 Å². The van der Waals surface area contributed by atoms with E-state index in [4.69, 9.17) is 32.5 Å². The lowest BCUT2D eigenvalue weighted by atomic mass is 10.5. The minimum absolute atomic E-state index is 0.104. The van der Waals surface area contributed by atoms with E-state index in [1.54, 1.807) is 0 Å². The minimum atomic E-state index is -2.13. The van der Waals surface area contributed by atoms with Crippen LogP contribution in [0.5, 0.6) is 0 Å². The third-order valence-electron chi connectivity index (χ3n) is 1.10. The van der Waals surface area contributed by atoms with Crippen LogP contribution in [0.1, 0.15) is 27.7 Å². The van der Waals surface area contributed by atoms with Gasteiger partial charge in [-0.3, -0.25) is 0 Å². The third-order valence-corrected chi connectivity index (χ3v) is 4.87. The Kier molecular flexibility index (Phi) is 6.78. The molecule has 5 heteroatoms. The van der Waals surface area contributed by atoms with Crippen molar-refractivity contribution >= 4 is 29.9 Å². The summed E-state index contributed by atoms with van der Waals surface area (Å²) >= 11 is 11.0. The van der Waals surface area contributed by atoms with E-state index in [9.17, 15) is 0 Å². The van der Waals surface area contributed by atoms with Crippen molar-refractivity contribution in [2.75, 3.05) is 12.0 Å². The normalized spacial score (nSPS) is 12.8. The Morgan fingerprint density at radius 1 is 1.15 bits per heavy atom. The molecule has 0 fully saturated rings. The molecule has 0 aromatic rings. The predicted octanol–water partition coefficient (Wildman–Crippen LogP) is 3.38. The maximum atomic E-state index is 5.65. The zero-order valence-corrected chi connectivity index (χ0v) is 11.1. The molecule has 0 aliphatic carbocycles. The SMILES string of the molecule is CC(C)OP(=S)(CCCl)OC(C)C. The first-order chi connectivity index (χ1) is 5.89. The molecule has 0 unspecified atom stereocenters. The smallest absolute Gasteiger partial charge is 0.190 e. The average Bonchev–Trinajstić information content (AvgIpc) is 1.81. The lowest BCUT2D eigenvalue weighted by Gasteiger charge is -2.25. The zero-order valence-electron chi connectivity index (χ0n) is 8.62. The second kappa shape index (κ2) is 6.36. The molecule has 0 rings (SSSR count). The Hall–Kier alpha value is 0.860. The molecule has 0 atom stereocenters. The van der Waals surface area contributed by atoms with Gasteiger partial charge in [0.1, 0.15) is 0 Å². The predicted molar refractivity (Wildman–Crippen MR) is 62.3 cm³/mol. The van der Waals surface area contributed by atoms with Crippen molar-refractivity contribution in [2.45, 2.75) is 39.9 Å². The second-order valence-electron chi connectivity index (χ2n) is 3.33.